The number of rotatable bonds is 3. The largest absolute Gasteiger partial charge is 0.267 e. The van der Waals surface area contributed by atoms with Crippen molar-refractivity contribution in [3.63, 3.8) is 0 Å². The maximum atomic E-state index is 12.2. The molecule has 6 heteroatoms. The fourth-order valence-corrected chi connectivity index (χ4v) is 2.99. The zero-order chi connectivity index (χ0) is 12.3. The third kappa shape index (κ3) is 2.37. The summed E-state index contributed by atoms with van der Waals surface area (Å²) in [5.74, 6) is 0.585. The summed E-state index contributed by atoms with van der Waals surface area (Å²) in [5, 5.41) is 0. The van der Waals surface area contributed by atoms with Crippen LogP contribution in [0.3, 0.4) is 0 Å². The van der Waals surface area contributed by atoms with Crippen molar-refractivity contribution in [1.29, 1.82) is 0 Å². The average molecular weight is 268 g/mol. The van der Waals surface area contributed by atoms with E-state index in [9.17, 15) is 8.42 Å². The van der Waals surface area contributed by atoms with Gasteiger partial charge in [-0.05, 0) is 12.1 Å². The van der Waals surface area contributed by atoms with Crippen LogP contribution in [0, 0.1) is 0 Å². The van der Waals surface area contributed by atoms with E-state index < -0.39 is 10.0 Å². The van der Waals surface area contributed by atoms with Gasteiger partial charge in [-0.3, -0.25) is 4.31 Å². The Morgan fingerprint density at radius 3 is 2.82 bits per heavy atom. The predicted octanol–water partition coefficient (Wildman–Crippen LogP) is 1.84. The second kappa shape index (κ2) is 4.93. The molecule has 1 aliphatic heterocycles. The van der Waals surface area contributed by atoms with Crippen molar-refractivity contribution in [2.75, 3.05) is 12.3 Å². The molecule has 0 saturated carbocycles. The first-order chi connectivity index (χ1) is 8.16. The van der Waals surface area contributed by atoms with Gasteiger partial charge in [0.25, 0.3) is 10.0 Å². The minimum Gasteiger partial charge on any atom is -0.252 e. The van der Waals surface area contributed by atoms with E-state index in [1.807, 2.05) is 0 Å². The molecule has 0 unspecified atom stereocenters. The summed E-state index contributed by atoms with van der Waals surface area (Å²) in [6.45, 7) is 0.278. The molecular formula is C11H12N2O2S2. The molecule has 0 amide bonds. The van der Waals surface area contributed by atoms with E-state index in [0.717, 1.165) is 0 Å². The highest BCUT2D eigenvalue weighted by Gasteiger charge is 2.27. The van der Waals surface area contributed by atoms with Gasteiger partial charge < -0.3 is 0 Å². The molecule has 0 atom stereocenters. The predicted molar refractivity (Wildman–Crippen MR) is 71.5 cm³/mol. The minimum atomic E-state index is -3.46. The van der Waals surface area contributed by atoms with Crippen LogP contribution in [0.2, 0.25) is 0 Å². The van der Waals surface area contributed by atoms with Gasteiger partial charge in [0.15, 0.2) is 0 Å². The van der Waals surface area contributed by atoms with Crippen LogP contribution in [-0.2, 0) is 10.0 Å². The highest BCUT2D eigenvalue weighted by Crippen LogP contribution is 2.29. The zero-order valence-corrected chi connectivity index (χ0v) is 10.7. The summed E-state index contributed by atoms with van der Waals surface area (Å²) < 4.78 is 25.6. The van der Waals surface area contributed by atoms with Gasteiger partial charge in [0.2, 0.25) is 0 Å². The van der Waals surface area contributed by atoms with Crippen molar-refractivity contribution in [3.05, 3.63) is 36.4 Å². The Kier molecular flexibility index (Phi) is 3.54. The van der Waals surface area contributed by atoms with E-state index in [4.69, 9.17) is 0 Å². The second-order valence-electron chi connectivity index (χ2n) is 3.44. The number of nitrogens with zero attached hydrogens (tertiary/aromatic N) is 2. The lowest BCUT2D eigenvalue weighted by molar-refractivity contribution is 0.542. The lowest BCUT2D eigenvalue weighted by atomic mass is 10.3. The molecule has 1 aromatic rings. The van der Waals surface area contributed by atoms with Crippen LogP contribution in [0.25, 0.3) is 0 Å². The van der Waals surface area contributed by atoms with Crippen LogP contribution in [0.1, 0.15) is 0 Å². The molecule has 0 aromatic heterocycles. The first kappa shape index (κ1) is 12.2. The molecule has 90 valence electrons. The molecule has 0 radical (unpaired) electrons. The van der Waals surface area contributed by atoms with Crippen molar-refractivity contribution in [3.8, 4) is 0 Å². The van der Waals surface area contributed by atoms with Gasteiger partial charge in [-0.1, -0.05) is 24.3 Å². The molecule has 1 heterocycles. The van der Waals surface area contributed by atoms with Crippen LogP contribution in [-0.4, -0.2) is 31.4 Å². The Labute approximate surface area is 106 Å². The zero-order valence-electron chi connectivity index (χ0n) is 9.02. The van der Waals surface area contributed by atoms with Gasteiger partial charge >= 0.3 is 0 Å². The molecular weight excluding hydrogens is 256 g/mol. The van der Waals surface area contributed by atoms with E-state index in [-0.39, 0.29) is 11.4 Å². The van der Waals surface area contributed by atoms with Crippen molar-refractivity contribution in [1.82, 2.24) is 4.31 Å². The fourth-order valence-electron chi connectivity index (χ4n) is 1.50. The van der Waals surface area contributed by atoms with Crippen molar-refractivity contribution >= 4 is 34.7 Å². The SMILES string of the molecule is O=S1(=O)c2ccccc2N=CN1CC=CCS. The summed E-state index contributed by atoms with van der Waals surface area (Å²) in [6.07, 6.45) is 4.90. The number of para-hydroxylation sites is 1. The number of aliphatic imine (C=N–C) groups is 1. The van der Waals surface area contributed by atoms with E-state index in [1.165, 1.54) is 10.6 Å². The summed E-state index contributed by atoms with van der Waals surface area (Å²) in [4.78, 5) is 4.37. The smallest absolute Gasteiger partial charge is 0.252 e. The Hall–Kier alpha value is -1.27. The van der Waals surface area contributed by atoms with Crippen LogP contribution >= 0.6 is 12.6 Å². The lowest BCUT2D eigenvalue weighted by Crippen LogP contribution is -2.32. The minimum absolute atomic E-state index is 0.252. The van der Waals surface area contributed by atoms with E-state index in [0.29, 0.717) is 11.4 Å². The number of benzene rings is 1. The van der Waals surface area contributed by atoms with Gasteiger partial charge in [0.05, 0.1) is 12.2 Å². The lowest BCUT2D eigenvalue weighted by Gasteiger charge is -2.22. The van der Waals surface area contributed by atoms with Crippen LogP contribution in [0.4, 0.5) is 5.69 Å². The first-order valence-corrected chi connectivity index (χ1v) is 7.14. The number of hydrogen-bond donors (Lipinski definition) is 1. The first-order valence-electron chi connectivity index (χ1n) is 5.07. The third-order valence-electron chi connectivity index (χ3n) is 2.33. The number of thiol groups is 1. The molecule has 17 heavy (non-hydrogen) atoms. The summed E-state index contributed by atoms with van der Waals surface area (Å²) >= 11 is 4.02. The molecule has 0 fully saturated rings. The number of fused-ring (bicyclic) bond motifs is 1. The van der Waals surface area contributed by atoms with Gasteiger partial charge in [-0.2, -0.15) is 12.6 Å². The average Bonchev–Trinajstić information content (AvgIpc) is 2.32. The Balaban J connectivity index is 2.34. The van der Waals surface area contributed by atoms with E-state index >= 15 is 0 Å². The topological polar surface area (TPSA) is 49.7 Å². The second-order valence-corrected chi connectivity index (χ2v) is 5.67. The van der Waals surface area contributed by atoms with Crippen molar-refractivity contribution in [2.24, 2.45) is 4.99 Å². The van der Waals surface area contributed by atoms with Crippen LogP contribution in [0.5, 0.6) is 0 Å². The molecule has 1 aromatic carbocycles. The maximum absolute atomic E-state index is 12.2. The highest BCUT2D eigenvalue weighted by atomic mass is 32.2. The quantitative estimate of drug-likeness (QED) is 0.671. The van der Waals surface area contributed by atoms with Gasteiger partial charge in [-0.25, -0.2) is 13.4 Å². The summed E-state index contributed by atoms with van der Waals surface area (Å²) in [6, 6.07) is 6.71. The number of sulfonamides is 1. The van der Waals surface area contributed by atoms with Gasteiger partial charge in [-0.15, -0.1) is 0 Å². The molecule has 0 aliphatic carbocycles. The molecule has 0 spiro atoms. The monoisotopic (exact) mass is 268 g/mol. The Morgan fingerprint density at radius 1 is 1.29 bits per heavy atom. The Bertz CT molecular complexity index is 565. The molecule has 1 aliphatic rings. The van der Waals surface area contributed by atoms with Gasteiger partial charge in [0, 0.05) is 5.75 Å². The molecule has 4 nitrogen and oxygen atoms in total. The molecule has 0 saturated heterocycles. The van der Waals surface area contributed by atoms with Crippen molar-refractivity contribution in [2.45, 2.75) is 4.90 Å². The summed E-state index contributed by atoms with van der Waals surface area (Å²) in [7, 11) is -3.46. The molecule has 0 N–H and O–H groups in total. The van der Waals surface area contributed by atoms with Crippen LogP contribution < -0.4 is 0 Å². The number of hydrogen-bond acceptors (Lipinski definition) is 4. The van der Waals surface area contributed by atoms with E-state index in [1.54, 1.807) is 36.4 Å². The van der Waals surface area contributed by atoms with Gasteiger partial charge in [0.1, 0.15) is 11.2 Å². The van der Waals surface area contributed by atoms with Crippen molar-refractivity contribution < 1.29 is 8.42 Å². The van der Waals surface area contributed by atoms with Crippen LogP contribution in [0.15, 0.2) is 46.3 Å². The molecule has 2 rings (SSSR count). The Morgan fingerprint density at radius 2 is 2.06 bits per heavy atom. The molecule has 0 bridgehead atoms. The fraction of sp³-hybridized carbons (Fsp3) is 0.182. The summed E-state index contributed by atoms with van der Waals surface area (Å²) in [5.41, 5.74) is 0.488. The normalized spacial score (nSPS) is 17.4. The standard InChI is InChI=1S/C11H12N2O2S2/c14-17(15)11-6-2-1-5-10(11)12-9-13(17)7-3-4-8-16/h1-6,9,16H,7-8H2. The maximum Gasteiger partial charge on any atom is 0.267 e. The third-order valence-corrected chi connectivity index (χ3v) is 4.31. The highest BCUT2D eigenvalue weighted by molar-refractivity contribution is 7.89. The van der Waals surface area contributed by atoms with E-state index in [2.05, 4.69) is 17.6 Å².